The topological polar surface area (TPSA) is 74.7 Å². The van der Waals surface area contributed by atoms with Crippen molar-refractivity contribution in [1.29, 1.82) is 0 Å². The summed E-state index contributed by atoms with van der Waals surface area (Å²) < 4.78 is 0. The summed E-state index contributed by atoms with van der Waals surface area (Å²) in [6.07, 6.45) is 0.887. The van der Waals surface area contributed by atoms with Gasteiger partial charge in [-0.25, -0.2) is 0 Å². The molecule has 1 rings (SSSR count). The number of piperidine rings is 1. The summed E-state index contributed by atoms with van der Waals surface area (Å²) in [5.41, 5.74) is -1.03. The maximum atomic E-state index is 12.1. The Morgan fingerprint density at radius 2 is 1.72 bits per heavy atom. The average molecular weight is 255 g/mol. The van der Waals surface area contributed by atoms with Gasteiger partial charge in [0.2, 0.25) is 11.8 Å². The molecule has 102 valence electrons. The van der Waals surface area contributed by atoms with Gasteiger partial charge in [-0.15, -0.1) is 0 Å². The van der Waals surface area contributed by atoms with Crippen LogP contribution >= 0.6 is 0 Å². The lowest BCUT2D eigenvalue weighted by Gasteiger charge is -2.43. The first-order valence-electron chi connectivity index (χ1n) is 6.13. The van der Waals surface area contributed by atoms with Crippen molar-refractivity contribution >= 4 is 17.8 Å². The van der Waals surface area contributed by atoms with Gasteiger partial charge in [-0.3, -0.25) is 19.3 Å². The number of hydrogen-bond donors (Lipinski definition) is 1. The van der Waals surface area contributed by atoms with Crippen LogP contribution in [0.25, 0.3) is 0 Å². The van der Waals surface area contributed by atoms with E-state index in [-0.39, 0.29) is 30.1 Å². The number of carboxylic acids is 1. The Hall–Kier alpha value is -1.39. The minimum Gasteiger partial charge on any atom is -0.481 e. The highest BCUT2D eigenvalue weighted by Gasteiger charge is 2.43. The number of rotatable bonds is 4. The molecular weight excluding hydrogens is 234 g/mol. The first-order valence-corrected chi connectivity index (χ1v) is 6.13. The van der Waals surface area contributed by atoms with Crippen molar-refractivity contribution in [1.82, 2.24) is 4.90 Å². The molecule has 18 heavy (non-hydrogen) atoms. The van der Waals surface area contributed by atoms with E-state index in [9.17, 15) is 14.4 Å². The van der Waals surface area contributed by atoms with Crippen molar-refractivity contribution in [3.8, 4) is 0 Å². The van der Waals surface area contributed by atoms with Crippen molar-refractivity contribution < 1.29 is 19.5 Å². The number of carboxylic acid groups (broad SMARTS) is 1. The smallest absolute Gasteiger partial charge is 0.303 e. The van der Waals surface area contributed by atoms with Gasteiger partial charge >= 0.3 is 5.97 Å². The molecule has 5 heteroatoms. The highest BCUT2D eigenvalue weighted by molar-refractivity contribution is 5.99. The fourth-order valence-electron chi connectivity index (χ4n) is 2.38. The van der Waals surface area contributed by atoms with E-state index in [1.807, 2.05) is 13.8 Å². The van der Waals surface area contributed by atoms with E-state index in [0.29, 0.717) is 12.8 Å². The molecule has 1 fully saturated rings. The molecular formula is C13H21NO4. The van der Waals surface area contributed by atoms with Gasteiger partial charge in [-0.05, 0) is 25.7 Å². The maximum absolute atomic E-state index is 12.1. The molecule has 0 aliphatic carbocycles. The van der Waals surface area contributed by atoms with Gasteiger partial charge in [0.25, 0.3) is 0 Å². The lowest BCUT2D eigenvalue weighted by atomic mass is 9.79. The SMILES string of the molecule is CC1(C)CC(=O)N(C(C)(C)CCC(=O)O)C(=O)C1. The molecule has 1 saturated heterocycles. The lowest BCUT2D eigenvalue weighted by Crippen LogP contribution is -2.56. The van der Waals surface area contributed by atoms with E-state index in [1.54, 1.807) is 13.8 Å². The molecule has 0 aromatic rings. The number of likely N-dealkylation sites (tertiary alicyclic amines) is 1. The van der Waals surface area contributed by atoms with Crippen molar-refractivity contribution in [2.75, 3.05) is 0 Å². The summed E-state index contributed by atoms with van der Waals surface area (Å²) in [4.78, 5) is 36.0. The number of nitrogens with zero attached hydrogens (tertiary/aromatic N) is 1. The zero-order valence-electron chi connectivity index (χ0n) is 11.4. The number of carbonyl (C=O) groups excluding carboxylic acids is 2. The van der Waals surface area contributed by atoms with E-state index in [2.05, 4.69) is 0 Å². The fraction of sp³-hybridized carbons (Fsp3) is 0.769. The van der Waals surface area contributed by atoms with Crippen LogP contribution < -0.4 is 0 Å². The predicted octanol–water partition coefficient (Wildman–Crippen LogP) is 1.81. The van der Waals surface area contributed by atoms with Gasteiger partial charge < -0.3 is 5.11 Å². The molecule has 2 amide bonds. The molecule has 0 radical (unpaired) electrons. The minimum absolute atomic E-state index is 0.0482. The summed E-state index contributed by atoms with van der Waals surface area (Å²) in [6, 6.07) is 0. The Morgan fingerprint density at radius 1 is 1.28 bits per heavy atom. The van der Waals surface area contributed by atoms with Crippen LogP contribution in [0.4, 0.5) is 0 Å². The Balaban J connectivity index is 2.84. The van der Waals surface area contributed by atoms with E-state index >= 15 is 0 Å². The Morgan fingerprint density at radius 3 is 2.11 bits per heavy atom. The molecule has 0 aromatic heterocycles. The number of amides is 2. The molecule has 1 heterocycles. The predicted molar refractivity (Wildman–Crippen MR) is 65.8 cm³/mol. The Kier molecular flexibility index (Phi) is 3.84. The number of imide groups is 1. The fourth-order valence-corrected chi connectivity index (χ4v) is 2.38. The van der Waals surface area contributed by atoms with Crippen LogP contribution in [0.2, 0.25) is 0 Å². The van der Waals surface area contributed by atoms with E-state index in [0.717, 1.165) is 0 Å². The van der Waals surface area contributed by atoms with Crippen molar-refractivity contribution in [3.05, 3.63) is 0 Å². The van der Waals surface area contributed by atoms with Gasteiger partial charge in [0, 0.05) is 24.8 Å². The second-order valence-electron chi connectivity index (χ2n) is 6.35. The Bertz CT molecular complexity index is 364. The van der Waals surface area contributed by atoms with Gasteiger partial charge in [0.1, 0.15) is 0 Å². The lowest BCUT2D eigenvalue weighted by molar-refractivity contribution is -0.160. The monoisotopic (exact) mass is 255 g/mol. The molecule has 0 unspecified atom stereocenters. The summed E-state index contributed by atoms with van der Waals surface area (Å²) >= 11 is 0. The molecule has 5 nitrogen and oxygen atoms in total. The maximum Gasteiger partial charge on any atom is 0.303 e. The molecule has 1 N–H and O–H groups in total. The summed E-state index contributed by atoms with van der Waals surface area (Å²) in [6.45, 7) is 7.27. The third kappa shape index (κ3) is 3.31. The largest absolute Gasteiger partial charge is 0.481 e. The van der Waals surface area contributed by atoms with Crippen LogP contribution in [0.5, 0.6) is 0 Å². The molecule has 1 aliphatic heterocycles. The third-order valence-electron chi connectivity index (χ3n) is 3.31. The molecule has 0 aromatic carbocycles. The van der Waals surface area contributed by atoms with Gasteiger partial charge in [0.05, 0.1) is 0 Å². The average Bonchev–Trinajstić information content (AvgIpc) is 2.10. The van der Waals surface area contributed by atoms with E-state index in [4.69, 9.17) is 5.11 Å². The summed E-state index contributed by atoms with van der Waals surface area (Å²) in [5, 5.41) is 8.70. The molecule has 1 aliphatic rings. The molecule has 0 saturated carbocycles. The number of hydrogen-bond acceptors (Lipinski definition) is 3. The van der Waals surface area contributed by atoms with Crippen LogP contribution in [0.1, 0.15) is 53.4 Å². The highest BCUT2D eigenvalue weighted by Crippen LogP contribution is 2.35. The first-order chi connectivity index (χ1) is 8.05. The van der Waals surface area contributed by atoms with Crippen LogP contribution in [-0.2, 0) is 14.4 Å². The van der Waals surface area contributed by atoms with E-state index < -0.39 is 11.5 Å². The second kappa shape index (κ2) is 4.71. The van der Waals surface area contributed by atoms with Gasteiger partial charge in [-0.1, -0.05) is 13.8 Å². The minimum atomic E-state index is -0.916. The highest BCUT2D eigenvalue weighted by atomic mass is 16.4. The number of aliphatic carboxylic acids is 1. The van der Waals surface area contributed by atoms with Crippen LogP contribution in [-0.4, -0.2) is 33.3 Å². The van der Waals surface area contributed by atoms with E-state index in [1.165, 1.54) is 4.90 Å². The van der Waals surface area contributed by atoms with Gasteiger partial charge in [0.15, 0.2) is 0 Å². The molecule has 0 spiro atoms. The first kappa shape index (κ1) is 14.7. The Labute approximate surface area is 107 Å². The molecule has 0 atom stereocenters. The van der Waals surface area contributed by atoms with Crippen molar-refractivity contribution in [3.63, 3.8) is 0 Å². The zero-order valence-corrected chi connectivity index (χ0v) is 11.4. The standard InChI is InChI=1S/C13H21NO4/c1-12(2)7-9(15)14(10(16)8-12)13(3,4)6-5-11(17)18/h5-8H2,1-4H3,(H,17,18). The summed E-state index contributed by atoms with van der Waals surface area (Å²) in [5.74, 6) is -1.32. The van der Waals surface area contributed by atoms with Crippen LogP contribution in [0.3, 0.4) is 0 Å². The van der Waals surface area contributed by atoms with Crippen molar-refractivity contribution in [2.24, 2.45) is 5.41 Å². The normalized spacial score (nSPS) is 20.1. The quantitative estimate of drug-likeness (QED) is 0.777. The second-order valence-corrected chi connectivity index (χ2v) is 6.35. The number of carbonyl (C=O) groups is 3. The molecule has 0 bridgehead atoms. The zero-order chi connectivity index (χ0) is 14.1. The van der Waals surface area contributed by atoms with Crippen molar-refractivity contribution in [2.45, 2.75) is 58.9 Å². The van der Waals surface area contributed by atoms with Crippen LogP contribution in [0.15, 0.2) is 0 Å². The third-order valence-corrected chi connectivity index (χ3v) is 3.31. The summed E-state index contributed by atoms with van der Waals surface area (Å²) in [7, 11) is 0. The van der Waals surface area contributed by atoms with Gasteiger partial charge in [-0.2, -0.15) is 0 Å². The van der Waals surface area contributed by atoms with Crippen LogP contribution in [0, 0.1) is 5.41 Å².